The van der Waals surface area contributed by atoms with Crippen LogP contribution in [0.2, 0.25) is 0 Å². The standard InChI is InChI=1S/C20H21BrN2O2/c21-17-10-8-15(9-11-17)19(24)22-18-7-5-6-16(14-18)20(25)23-12-3-1-2-4-13-23/h5-11,14H,1-4,12-13H2,(H,22,24). The Balaban J connectivity index is 1.71. The molecule has 4 nitrogen and oxygen atoms in total. The molecule has 1 saturated heterocycles. The highest BCUT2D eigenvalue weighted by molar-refractivity contribution is 9.10. The van der Waals surface area contributed by atoms with E-state index in [1.165, 1.54) is 12.8 Å². The SMILES string of the molecule is O=C(Nc1cccc(C(=O)N2CCCCCC2)c1)c1ccc(Br)cc1. The van der Waals surface area contributed by atoms with E-state index in [1.807, 2.05) is 29.2 Å². The maximum atomic E-state index is 12.7. The molecule has 5 heteroatoms. The van der Waals surface area contributed by atoms with E-state index in [1.54, 1.807) is 24.3 Å². The van der Waals surface area contributed by atoms with Crippen molar-refractivity contribution in [3.63, 3.8) is 0 Å². The Bertz CT molecular complexity index is 751. The maximum Gasteiger partial charge on any atom is 0.255 e. The van der Waals surface area contributed by atoms with Crippen LogP contribution in [0.4, 0.5) is 5.69 Å². The van der Waals surface area contributed by atoms with Gasteiger partial charge in [0.05, 0.1) is 0 Å². The number of rotatable bonds is 3. The van der Waals surface area contributed by atoms with Crippen LogP contribution in [-0.2, 0) is 0 Å². The summed E-state index contributed by atoms with van der Waals surface area (Å²) in [5, 5.41) is 2.86. The van der Waals surface area contributed by atoms with Crippen LogP contribution in [0.3, 0.4) is 0 Å². The molecule has 2 aromatic rings. The van der Waals surface area contributed by atoms with Crippen molar-refractivity contribution in [1.82, 2.24) is 4.90 Å². The Kier molecular flexibility index (Phi) is 5.87. The number of nitrogens with one attached hydrogen (secondary N) is 1. The van der Waals surface area contributed by atoms with Gasteiger partial charge in [-0.3, -0.25) is 9.59 Å². The molecule has 0 bridgehead atoms. The van der Waals surface area contributed by atoms with Gasteiger partial charge in [0.1, 0.15) is 0 Å². The van der Waals surface area contributed by atoms with Crippen LogP contribution in [0.15, 0.2) is 53.0 Å². The third kappa shape index (κ3) is 4.69. The quantitative estimate of drug-likeness (QED) is 0.809. The topological polar surface area (TPSA) is 49.4 Å². The van der Waals surface area contributed by atoms with Crippen molar-refractivity contribution < 1.29 is 9.59 Å². The lowest BCUT2D eigenvalue weighted by Crippen LogP contribution is -2.31. The lowest BCUT2D eigenvalue weighted by molar-refractivity contribution is 0.0761. The summed E-state index contributed by atoms with van der Waals surface area (Å²) in [7, 11) is 0. The number of carbonyl (C=O) groups is 2. The molecule has 25 heavy (non-hydrogen) atoms. The molecular weight excluding hydrogens is 380 g/mol. The number of halogens is 1. The van der Waals surface area contributed by atoms with Gasteiger partial charge in [-0.15, -0.1) is 0 Å². The van der Waals surface area contributed by atoms with Gasteiger partial charge in [-0.1, -0.05) is 34.8 Å². The largest absolute Gasteiger partial charge is 0.339 e. The molecule has 0 spiro atoms. The molecule has 0 unspecified atom stereocenters. The van der Waals surface area contributed by atoms with Gasteiger partial charge in [-0.25, -0.2) is 0 Å². The first-order chi connectivity index (χ1) is 12.1. The molecule has 2 amide bonds. The molecule has 0 atom stereocenters. The fourth-order valence-corrected chi connectivity index (χ4v) is 3.26. The first-order valence-electron chi connectivity index (χ1n) is 8.60. The van der Waals surface area contributed by atoms with E-state index in [2.05, 4.69) is 21.2 Å². The Morgan fingerprint density at radius 3 is 2.24 bits per heavy atom. The zero-order valence-electron chi connectivity index (χ0n) is 14.0. The van der Waals surface area contributed by atoms with Gasteiger partial charge in [0.25, 0.3) is 11.8 Å². The Hall–Kier alpha value is -2.14. The fraction of sp³-hybridized carbons (Fsp3) is 0.300. The average molecular weight is 401 g/mol. The van der Waals surface area contributed by atoms with Crippen molar-refractivity contribution >= 4 is 33.4 Å². The molecule has 0 radical (unpaired) electrons. The van der Waals surface area contributed by atoms with Gasteiger partial charge >= 0.3 is 0 Å². The Labute approximate surface area is 156 Å². The van der Waals surface area contributed by atoms with Crippen molar-refractivity contribution in [2.75, 3.05) is 18.4 Å². The van der Waals surface area contributed by atoms with Crippen LogP contribution in [0.1, 0.15) is 46.4 Å². The van der Waals surface area contributed by atoms with Crippen LogP contribution in [0.25, 0.3) is 0 Å². The molecule has 2 aromatic carbocycles. The van der Waals surface area contributed by atoms with Crippen molar-refractivity contribution in [3.05, 3.63) is 64.1 Å². The average Bonchev–Trinajstić information content (AvgIpc) is 2.91. The molecule has 130 valence electrons. The van der Waals surface area contributed by atoms with Gasteiger partial charge in [0, 0.05) is 34.4 Å². The smallest absolute Gasteiger partial charge is 0.255 e. The molecule has 0 aromatic heterocycles. The van der Waals surface area contributed by atoms with Crippen LogP contribution in [0.5, 0.6) is 0 Å². The van der Waals surface area contributed by atoms with E-state index in [-0.39, 0.29) is 11.8 Å². The van der Waals surface area contributed by atoms with Gasteiger partial charge < -0.3 is 10.2 Å². The van der Waals surface area contributed by atoms with Gasteiger partial charge in [0.15, 0.2) is 0 Å². The zero-order valence-corrected chi connectivity index (χ0v) is 15.6. The molecule has 1 fully saturated rings. The maximum absolute atomic E-state index is 12.7. The van der Waals surface area contributed by atoms with Crippen molar-refractivity contribution in [2.24, 2.45) is 0 Å². The molecule has 1 N–H and O–H groups in total. The Morgan fingerprint density at radius 2 is 1.56 bits per heavy atom. The number of nitrogens with zero attached hydrogens (tertiary/aromatic N) is 1. The second-order valence-corrected chi connectivity index (χ2v) is 7.16. The van der Waals surface area contributed by atoms with Gasteiger partial charge in [-0.2, -0.15) is 0 Å². The van der Waals surface area contributed by atoms with Crippen molar-refractivity contribution in [3.8, 4) is 0 Å². The summed E-state index contributed by atoms with van der Waals surface area (Å²) >= 11 is 3.36. The van der Waals surface area contributed by atoms with Gasteiger partial charge in [-0.05, 0) is 55.3 Å². The molecular formula is C20H21BrN2O2. The second kappa shape index (κ2) is 8.30. The lowest BCUT2D eigenvalue weighted by Gasteiger charge is -2.20. The normalized spacial score (nSPS) is 14.7. The van der Waals surface area contributed by atoms with Crippen LogP contribution in [-0.4, -0.2) is 29.8 Å². The summed E-state index contributed by atoms with van der Waals surface area (Å²) in [6, 6.07) is 14.3. The summed E-state index contributed by atoms with van der Waals surface area (Å²) in [5.41, 5.74) is 1.83. The molecule has 0 saturated carbocycles. The van der Waals surface area contributed by atoms with E-state index in [0.29, 0.717) is 16.8 Å². The summed E-state index contributed by atoms with van der Waals surface area (Å²) in [5.74, 6) is -0.145. The summed E-state index contributed by atoms with van der Waals surface area (Å²) in [6.07, 6.45) is 4.50. The summed E-state index contributed by atoms with van der Waals surface area (Å²) in [6.45, 7) is 1.63. The lowest BCUT2D eigenvalue weighted by atomic mass is 10.1. The second-order valence-electron chi connectivity index (χ2n) is 6.25. The van der Waals surface area contributed by atoms with E-state index >= 15 is 0 Å². The number of anilines is 1. The van der Waals surface area contributed by atoms with Crippen LogP contribution >= 0.6 is 15.9 Å². The Morgan fingerprint density at radius 1 is 0.880 bits per heavy atom. The fourth-order valence-electron chi connectivity index (χ4n) is 2.99. The van der Waals surface area contributed by atoms with Crippen LogP contribution < -0.4 is 5.32 Å². The first-order valence-corrected chi connectivity index (χ1v) is 9.39. The third-order valence-electron chi connectivity index (χ3n) is 4.37. The van der Waals surface area contributed by atoms with Gasteiger partial charge in [0.2, 0.25) is 0 Å². The van der Waals surface area contributed by atoms with E-state index < -0.39 is 0 Å². The minimum Gasteiger partial charge on any atom is -0.339 e. The van der Waals surface area contributed by atoms with E-state index in [4.69, 9.17) is 0 Å². The monoisotopic (exact) mass is 400 g/mol. The minimum absolute atomic E-state index is 0.0432. The van der Waals surface area contributed by atoms with E-state index in [0.717, 1.165) is 30.4 Å². The number of amides is 2. The predicted molar refractivity (Wildman–Crippen MR) is 103 cm³/mol. The highest BCUT2D eigenvalue weighted by Crippen LogP contribution is 2.18. The predicted octanol–water partition coefficient (Wildman–Crippen LogP) is 4.72. The first kappa shape index (κ1) is 17.7. The summed E-state index contributed by atoms with van der Waals surface area (Å²) in [4.78, 5) is 27.0. The van der Waals surface area contributed by atoms with Crippen LogP contribution in [0, 0.1) is 0 Å². The number of benzene rings is 2. The number of hydrogen-bond donors (Lipinski definition) is 1. The van der Waals surface area contributed by atoms with E-state index in [9.17, 15) is 9.59 Å². The zero-order chi connectivity index (χ0) is 17.6. The van der Waals surface area contributed by atoms with Crippen molar-refractivity contribution in [1.29, 1.82) is 0 Å². The number of likely N-dealkylation sites (tertiary alicyclic amines) is 1. The summed E-state index contributed by atoms with van der Waals surface area (Å²) < 4.78 is 0.925. The minimum atomic E-state index is -0.188. The molecule has 3 rings (SSSR count). The highest BCUT2D eigenvalue weighted by Gasteiger charge is 2.17. The molecule has 1 aliphatic heterocycles. The molecule has 0 aliphatic carbocycles. The van der Waals surface area contributed by atoms with Crippen molar-refractivity contribution in [2.45, 2.75) is 25.7 Å². The third-order valence-corrected chi connectivity index (χ3v) is 4.90. The molecule has 1 heterocycles. The highest BCUT2D eigenvalue weighted by atomic mass is 79.9. The number of carbonyl (C=O) groups excluding carboxylic acids is 2. The number of hydrogen-bond acceptors (Lipinski definition) is 2. The molecule has 1 aliphatic rings.